The second-order valence-electron chi connectivity index (χ2n) is 3.83. The molecule has 1 unspecified atom stereocenters. The second kappa shape index (κ2) is 6.17. The first-order valence-electron chi connectivity index (χ1n) is 5.50. The normalized spacial score (nSPS) is 11.6. The minimum Gasteiger partial charge on any atom is -0.480 e. The van der Waals surface area contributed by atoms with Gasteiger partial charge in [0.2, 0.25) is 0 Å². The highest BCUT2D eigenvalue weighted by atomic mass is 32.1. The van der Waals surface area contributed by atoms with Gasteiger partial charge in [-0.15, -0.1) is 11.3 Å². The van der Waals surface area contributed by atoms with E-state index in [4.69, 9.17) is 10.4 Å². The number of nitrogens with zero attached hydrogens (tertiary/aromatic N) is 2. The van der Waals surface area contributed by atoms with Crippen molar-refractivity contribution in [1.29, 1.82) is 5.26 Å². The van der Waals surface area contributed by atoms with E-state index in [1.165, 1.54) is 11.9 Å². The summed E-state index contributed by atoms with van der Waals surface area (Å²) in [4.78, 5) is 24.7. The van der Waals surface area contributed by atoms with E-state index in [1.807, 2.05) is 13.0 Å². The highest BCUT2D eigenvalue weighted by Crippen LogP contribution is 2.19. The average molecular weight is 266 g/mol. The zero-order valence-corrected chi connectivity index (χ0v) is 11.0. The van der Waals surface area contributed by atoms with Gasteiger partial charge in [-0.1, -0.05) is 13.3 Å². The summed E-state index contributed by atoms with van der Waals surface area (Å²) in [5.41, 5.74) is 0.289. The van der Waals surface area contributed by atoms with Gasteiger partial charge in [0, 0.05) is 7.05 Å². The predicted octanol–water partition coefficient (Wildman–Crippen LogP) is 1.95. The van der Waals surface area contributed by atoms with Crippen LogP contribution in [0.25, 0.3) is 0 Å². The van der Waals surface area contributed by atoms with Gasteiger partial charge in [0.15, 0.2) is 0 Å². The predicted molar refractivity (Wildman–Crippen MR) is 67.5 cm³/mol. The van der Waals surface area contributed by atoms with Crippen molar-refractivity contribution >= 4 is 23.2 Å². The molecule has 1 atom stereocenters. The van der Waals surface area contributed by atoms with Gasteiger partial charge in [-0.05, 0) is 17.9 Å². The summed E-state index contributed by atoms with van der Waals surface area (Å²) in [6, 6.07) is 2.63. The summed E-state index contributed by atoms with van der Waals surface area (Å²) in [5.74, 6) is -1.44. The van der Waals surface area contributed by atoms with Crippen LogP contribution < -0.4 is 0 Å². The Balaban J connectivity index is 2.96. The minimum absolute atomic E-state index is 0.289. The summed E-state index contributed by atoms with van der Waals surface area (Å²) < 4.78 is 0. The number of nitriles is 1. The van der Waals surface area contributed by atoms with Crippen LogP contribution in [0.15, 0.2) is 11.4 Å². The standard InChI is InChI=1S/C12H14N2O3S/c1-3-4-9(12(16)17)14(2)11(15)10-8(7-13)5-6-18-10/h5-6,9H,3-4H2,1-2H3,(H,16,17). The molecule has 0 aliphatic rings. The van der Waals surface area contributed by atoms with Crippen molar-refractivity contribution in [3.63, 3.8) is 0 Å². The van der Waals surface area contributed by atoms with Gasteiger partial charge in [0.05, 0.1) is 5.56 Å². The maximum absolute atomic E-state index is 12.1. The number of carbonyl (C=O) groups excluding carboxylic acids is 1. The van der Waals surface area contributed by atoms with E-state index in [2.05, 4.69) is 0 Å². The topological polar surface area (TPSA) is 81.4 Å². The summed E-state index contributed by atoms with van der Waals surface area (Å²) in [7, 11) is 1.46. The molecule has 0 fully saturated rings. The summed E-state index contributed by atoms with van der Waals surface area (Å²) in [5, 5.41) is 19.6. The molecule has 1 N–H and O–H groups in total. The molecule has 1 heterocycles. The summed E-state index contributed by atoms with van der Waals surface area (Å²) in [6.07, 6.45) is 1.06. The van der Waals surface area contributed by atoms with Crippen molar-refractivity contribution in [3.05, 3.63) is 21.9 Å². The highest BCUT2D eigenvalue weighted by molar-refractivity contribution is 7.12. The van der Waals surface area contributed by atoms with Crippen molar-refractivity contribution < 1.29 is 14.7 Å². The fourth-order valence-corrected chi connectivity index (χ4v) is 2.45. The van der Waals surface area contributed by atoms with Crippen molar-refractivity contribution in [2.24, 2.45) is 0 Å². The average Bonchev–Trinajstić information content (AvgIpc) is 2.81. The third kappa shape index (κ3) is 2.87. The van der Waals surface area contributed by atoms with Crippen LogP contribution >= 0.6 is 11.3 Å². The zero-order chi connectivity index (χ0) is 13.7. The van der Waals surface area contributed by atoms with E-state index in [-0.39, 0.29) is 5.56 Å². The van der Waals surface area contributed by atoms with Crippen molar-refractivity contribution in [2.75, 3.05) is 7.05 Å². The Kier molecular flexibility index (Phi) is 4.86. The summed E-state index contributed by atoms with van der Waals surface area (Å²) in [6.45, 7) is 1.86. The van der Waals surface area contributed by atoms with E-state index in [1.54, 1.807) is 11.4 Å². The number of hydrogen-bond acceptors (Lipinski definition) is 4. The number of hydrogen-bond donors (Lipinski definition) is 1. The van der Waals surface area contributed by atoms with E-state index < -0.39 is 17.9 Å². The lowest BCUT2D eigenvalue weighted by Gasteiger charge is -2.24. The van der Waals surface area contributed by atoms with E-state index in [0.29, 0.717) is 17.7 Å². The maximum Gasteiger partial charge on any atom is 0.326 e. The van der Waals surface area contributed by atoms with Crippen LogP contribution in [0.1, 0.15) is 35.0 Å². The molecule has 1 rings (SSSR count). The van der Waals surface area contributed by atoms with Crippen LogP contribution in [0.5, 0.6) is 0 Å². The lowest BCUT2D eigenvalue weighted by molar-refractivity contribution is -0.142. The van der Waals surface area contributed by atoms with Gasteiger partial charge in [-0.3, -0.25) is 4.79 Å². The van der Waals surface area contributed by atoms with Gasteiger partial charge >= 0.3 is 5.97 Å². The first-order chi connectivity index (χ1) is 8.52. The number of aliphatic carboxylic acids is 1. The SMILES string of the molecule is CCCC(C(=O)O)N(C)C(=O)c1sccc1C#N. The molecule has 0 aliphatic carbocycles. The van der Waals surface area contributed by atoms with E-state index in [0.717, 1.165) is 11.3 Å². The molecular weight excluding hydrogens is 252 g/mol. The Labute approximate surface area is 109 Å². The minimum atomic E-state index is -1.03. The van der Waals surface area contributed by atoms with Gasteiger partial charge < -0.3 is 10.0 Å². The van der Waals surface area contributed by atoms with Crippen molar-refractivity contribution in [3.8, 4) is 6.07 Å². The number of thiophene rings is 1. The first kappa shape index (κ1) is 14.2. The Morgan fingerprint density at radius 2 is 2.28 bits per heavy atom. The molecule has 0 aromatic carbocycles. The zero-order valence-electron chi connectivity index (χ0n) is 10.2. The van der Waals surface area contributed by atoms with Crippen LogP contribution in [0.4, 0.5) is 0 Å². The molecule has 0 bridgehead atoms. The number of carbonyl (C=O) groups is 2. The molecule has 96 valence electrons. The Morgan fingerprint density at radius 3 is 2.78 bits per heavy atom. The molecule has 0 saturated heterocycles. The van der Waals surface area contributed by atoms with Crippen LogP contribution in [-0.4, -0.2) is 35.0 Å². The van der Waals surface area contributed by atoms with Gasteiger partial charge in [0.1, 0.15) is 17.0 Å². The fraction of sp³-hybridized carbons (Fsp3) is 0.417. The fourth-order valence-electron chi connectivity index (χ4n) is 1.62. The van der Waals surface area contributed by atoms with Gasteiger partial charge in [-0.25, -0.2) is 4.79 Å². The maximum atomic E-state index is 12.1. The number of amides is 1. The quantitative estimate of drug-likeness (QED) is 0.883. The number of carboxylic acids is 1. The Bertz CT molecular complexity index is 490. The molecule has 0 saturated carbocycles. The van der Waals surface area contributed by atoms with E-state index >= 15 is 0 Å². The smallest absolute Gasteiger partial charge is 0.326 e. The molecule has 0 aliphatic heterocycles. The molecule has 0 radical (unpaired) electrons. The molecule has 6 heteroatoms. The van der Waals surface area contributed by atoms with Gasteiger partial charge in [0.25, 0.3) is 5.91 Å². The monoisotopic (exact) mass is 266 g/mol. The van der Waals surface area contributed by atoms with E-state index in [9.17, 15) is 9.59 Å². The molecule has 0 spiro atoms. The molecule has 1 aromatic heterocycles. The molecule has 18 heavy (non-hydrogen) atoms. The number of carboxylic acid groups (broad SMARTS) is 1. The van der Waals surface area contributed by atoms with Gasteiger partial charge in [-0.2, -0.15) is 5.26 Å². The van der Waals surface area contributed by atoms with Crippen LogP contribution in [0.2, 0.25) is 0 Å². The lowest BCUT2D eigenvalue weighted by Crippen LogP contribution is -2.42. The first-order valence-corrected chi connectivity index (χ1v) is 6.38. The molecular formula is C12H14N2O3S. The number of likely N-dealkylation sites (N-methyl/N-ethyl adjacent to an activating group) is 1. The van der Waals surface area contributed by atoms with Crippen LogP contribution in [-0.2, 0) is 4.79 Å². The lowest BCUT2D eigenvalue weighted by atomic mass is 10.1. The Morgan fingerprint density at radius 1 is 1.61 bits per heavy atom. The Hall–Kier alpha value is -1.87. The van der Waals surface area contributed by atoms with Crippen molar-refractivity contribution in [2.45, 2.75) is 25.8 Å². The third-order valence-corrected chi connectivity index (χ3v) is 3.52. The number of rotatable bonds is 5. The van der Waals surface area contributed by atoms with Crippen molar-refractivity contribution in [1.82, 2.24) is 4.90 Å². The molecule has 1 aromatic rings. The van der Waals surface area contributed by atoms with Crippen LogP contribution in [0, 0.1) is 11.3 Å². The summed E-state index contributed by atoms with van der Waals surface area (Å²) >= 11 is 1.15. The highest BCUT2D eigenvalue weighted by Gasteiger charge is 2.28. The largest absolute Gasteiger partial charge is 0.480 e. The van der Waals surface area contributed by atoms with Crippen LogP contribution in [0.3, 0.4) is 0 Å². The third-order valence-electron chi connectivity index (χ3n) is 2.61. The second-order valence-corrected chi connectivity index (χ2v) is 4.75. The molecule has 5 nitrogen and oxygen atoms in total. The molecule has 1 amide bonds.